The van der Waals surface area contributed by atoms with Crippen molar-refractivity contribution >= 4 is 34.7 Å². The van der Waals surface area contributed by atoms with E-state index in [9.17, 15) is 14.9 Å². The van der Waals surface area contributed by atoms with Crippen molar-refractivity contribution in [2.24, 2.45) is 11.5 Å². The molecule has 4 N–H and O–H groups in total. The van der Waals surface area contributed by atoms with Crippen LogP contribution in [0.4, 0.5) is 0 Å². The summed E-state index contributed by atoms with van der Waals surface area (Å²) < 4.78 is 23.0. The normalized spacial score (nSPS) is 15.2. The van der Waals surface area contributed by atoms with Crippen LogP contribution in [0, 0.1) is 11.3 Å². The zero-order valence-corrected chi connectivity index (χ0v) is 21.3. The van der Waals surface area contributed by atoms with Crippen molar-refractivity contribution in [1.29, 1.82) is 5.26 Å². The van der Waals surface area contributed by atoms with Crippen LogP contribution in [0.5, 0.6) is 23.0 Å². The van der Waals surface area contributed by atoms with E-state index >= 15 is 0 Å². The van der Waals surface area contributed by atoms with Gasteiger partial charge in [-0.2, -0.15) is 5.26 Å². The Labute approximate surface area is 215 Å². The lowest BCUT2D eigenvalue weighted by Crippen LogP contribution is -2.41. The lowest BCUT2D eigenvalue weighted by atomic mass is 9.83. The van der Waals surface area contributed by atoms with E-state index in [0.717, 1.165) is 15.9 Å². The van der Waals surface area contributed by atoms with Crippen LogP contribution in [0.25, 0.3) is 17.5 Å². The van der Waals surface area contributed by atoms with Gasteiger partial charge < -0.3 is 30.4 Å². The molecule has 0 radical (unpaired) electrons. The van der Waals surface area contributed by atoms with E-state index in [1.54, 1.807) is 42.5 Å². The van der Waals surface area contributed by atoms with Crippen LogP contribution in [-0.4, -0.2) is 38.9 Å². The fourth-order valence-electron chi connectivity index (χ4n) is 4.25. The largest absolute Gasteiger partial charge is 0.493 e. The van der Waals surface area contributed by atoms with Gasteiger partial charge in [-0.15, -0.1) is 11.3 Å². The van der Waals surface area contributed by atoms with Crippen LogP contribution in [0.1, 0.15) is 17.0 Å². The molecule has 0 aliphatic carbocycles. The SMILES string of the molecule is COc1ccc(C=c2sc3n(c2=O)C(N)=C(C#N)C(c2ccc(OC)c(OC)c2)C=3C(N)=O)cc1OC. The smallest absolute Gasteiger partial charge is 0.274 e. The molecule has 1 unspecified atom stereocenters. The van der Waals surface area contributed by atoms with Crippen molar-refractivity contribution in [3.05, 3.63) is 72.6 Å². The second-order valence-corrected chi connectivity index (χ2v) is 8.94. The van der Waals surface area contributed by atoms with E-state index in [2.05, 4.69) is 6.07 Å². The number of hydrogen-bond acceptors (Lipinski definition) is 9. The van der Waals surface area contributed by atoms with Gasteiger partial charge in [-0.05, 0) is 41.5 Å². The predicted molar refractivity (Wildman–Crippen MR) is 139 cm³/mol. The van der Waals surface area contributed by atoms with E-state index in [-0.39, 0.29) is 26.2 Å². The zero-order valence-electron chi connectivity index (χ0n) is 20.5. The molecule has 1 aliphatic heterocycles. The molecular weight excluding hydrogens is 496 g/mol. The summed E-state index contributed by atoms with van der Waals surface area (Å²) in [5, 5.41) is 10.0. The minimum absolute atomic E-state index is 0.0195. The molecule has 2 heterocycles. The molecule has 10 nitrogen and oxygen atoms in total. The highest BCUT2D eigenvalue weighted by atomic mass is 32.1. The minimum atomic E-state index is -0.908. The van der Waals surface area contributed by atoms with Crippen LogP contribution < -0.4 is 45.2 Å². The maximum Gasteiger partial charge on any atom is 0.274 e. The highest BCUT2D eigenvalue weighted by molar-refractivity contribution is 7.07. The summed E-state index contributed by atoms with van der Waals surface area (Å²) in [5.74, 6) is 0.128. The Balaban J connectivity index is 2.03. The minimum Gasteiger partial charge on any atom is -0.493 e. The van der Waals surface area contributed by atoms with Crippen molar-refractivity contribution in [1.82, 2.24) is 4.57 Å². The molecule has 1 aliphatic rings. The number of allylic oxidation sites excluding steroid dienone is 1. The lowest BCUT2D eigenvalue weighted by molar-refractivity contribution is -0.113. The Morgan fingerprint density at radius 3 is 2.16 bits per heavy atom. The number of methoxy groups -OCH3 is 4. The maximum absolute atomic E-state index is 13.4. The molecule has 4 rings (SSSR count). The summed E-state index contributed by atoms with van der Waals surface area (Å²) in [6.45, 7) is 0. The van der Waals surface area contributed by atoms with Crippen LogP contribution >= 0.6 is 11.3 Å². The van der Waals surface area contributed by atoms with Gasteiger partial charge in [0, 0.05) is 0 Å². The maximum atomic E-state index is 13.4. The highest BCUT2D eigenvalue weighted by Crippen LogP contribution is 2.39. The molecule has 37 heavy (non-hydrogen) atoms. The fraction of sp³-hybridized carbons (Fsp3) is 0.192. The number of amides is 1. The Hall–Kier alpha value is -4.69. The third-order valence-electron chi connectivity index (χ3n) is 5.98. The summed E-state index contributed by atoms with van der Waals surface area (Å²) in [6.07, 6.45) is 1.64. The van der Waals surface area contributed by atoms with Crippen LogP contribution in [0.2, 0.25) is 0 Å². The van der Waals surface area contributed by atoms with E-state index in [1.807, 2.05) is 0 Å². The Bertz CT molecular complexity index is 1660. The zero-order chi connectivity index (χ0) is 26.9. The van der Waals surface area contributed by atoms with Crippen molar-refractivity contribution in [3.63, 3.8) is 0 Å². The monoisotopic (exact) mass is 520 g/mol. The number of nitrogens with zero attached hydrogens (tertiary/aromatic N) is 2. The molecule has 3 aromatic rings. The number of carbonyl (C=O) groups is 1. The Morgan fingerprint density at radius 2 is 1.59 bits per heavy atom. The summed E-state index contributed by atoms with van der Waals surface area (Å²) in [6, 6.07) is 12.3. The van der Waals surface area contributed by atoms with Crippen molar-refractivity contribution in [2.45, 2.75) is 5.92 Å². The number of hydrogen-bond donors (Lipinski definition) is 2. The number of rotatable bonds is 7. The average Bonchev–Trinajstić information content (AvgIpc) is 3.23. The second-order valence-electron chi connectivity index (χ2n) is 7.91. The molecule has 0 saturated heterocycles. The Morgan fingerprint density at radius 1 is 1.00 bits per heavy atom. The first kappa shape index (κ1) is 25.4. The standard InChI is InChI=1S/C26H24N4O6S/c1-33-16-7-5-13(9-18(16)35-3)10-20-25(32)30-23(28)15(12-27)21(22(24(29)31)26(30)37-20)14-6-8-17(34-2)19(11-14)36-4/h5-11,21H,28H2,1-4H3,(H2,29,31). The van der Waals surface area contributed by atoms with Crippen LogP contribution in [0.15, 0.2) is 46.8 Å². The van der Waals surface area contributed by atoms with Crippen molar-refractivity contribution in [3.8, 4) is 29.1 Å². The molecule has 11 heteroatoms. The van der Waals surface area contributed by atoms with Gasteiger partial charge in [0.1, 0.15) is 10.5 Å². The molecular formula is C26H24N4O6S. The number of fused-ring (bicyclic) bond motifs is 1. The van der Waals surface area contributed by atoms with Crippen LogP contribution in [0.3, 0.4) is 0 Å². The summed E-state index contributed by atoms with van der Waals surface area (Å²) in [5.41, 5.74) is 13.0. The third-order valence-corrected chi connectivity index (χ3v) is 7.09. The van der Waals surface area contributed by atoms with Gasteiger partial charge in [0.25, 0.3) is 5.56 Å². The predicted octanol–water partition coefficient (Wildman–Crippen LogP) is 0.857. The fourth-order valence-corrected chi connectivity index (χ4v) is 5.43. The first-order chi connectivity index (χ1) is 17.8. The number of primary amides is 1. The molecule has 1 amide bonds. The molecule has 0 saturated carbocycles. The summed E-state index contributed by atoms with van der Waals surface area (Å²) >= 11 is 1.05. The van der Waals surface area contributed by atoms with Gasteiger partial charge in [-0.1, -0.05) is 12.1 Å². The van der Waals surface area contributed by atoms with Crippen molar-refractivity contribution in [2.75, 3.05) is 28.4 Å². The molecule has 0 bridgehead atoms. The molecule has 0 spiro atoms. The van der Waals surface area contributed by atoms with E-state index in [4.69, 9.17) is 30.4 Å². The quantitative estimate of drug-likeness (QED) is 0.465. The summed E-state index contributed by atoms with van der Waals surface area (Å²) in [4.78, 5) is 26.2. The first-order valence-electron chi connectivity index (χ1n) is 10.9. The number of benzene rings is 2. The van der Waals surface area contributed by atoms with Gasteiger partial charge in [-0.25, -0.2) is 0 Å². The number of nitrogens with two attached hydrogens (primary N) is 2. The molecule has 1 aromatic heterocycles. The third kappa shape index (κ3) is 4.28. The summed E-state index contributed by atoms with van der Waals surface area (Å²) in [7, 11) is 6.01. The van der Waals surface area contributed by atoms with Gasteiger partial charge in [0.15, 0.2) is 23.0 Å². The topological polar surface area (TPSA) is 152 Å². The molecule has 1 atom stereocenters. The second kappa shape index (κ2) is 10.1. The van der Waals surface area contributed by atoms with Crippen molar-refractivity contribution < 1.29 is 23.7 Å². The lowest BCUT2D eigenvalue weighted by Gasteiger charge is -2.24. The van der Waals surface area contributed by atoms with Gasteiger partial charge in [0.2, 0.25) is 5.91 Å². The van der Waals surface area contributed by atoms with Gasteiger partial charge >= 0.3 is 0 Å². The number of nitriles is 1. The average molecular weight is 521 g/mol. The van der Waals surface area contributed by atoms with Gasteiger partial charge in [-0.3, -0.25) is 14.2 Å². The van der Waals surface area contributed by atoms with E-state index in [0.29, 0.717) is 34.1 Å². The first-order valence-corrected chi connectivity index (χ1v) is 11.7. The van der Waals surface area contributed by atoms with E-state index < -0.39 is 17.4 Å². The molecule has 0 fully saturated rings. The Kier molecular flexibility index (Phi) is 6.95. The number of ether oxygens (including phenoxy) is 4. The van der Waals surface area contributed by atoms with E-state index in [1.165, 1.54) is 28.4 Å². The van der Waals surface area contributed by atoms with Gasteiger partial charge in [0.05, 0.1) is 56.1 Å². The number of thiazole rings is 1. The highest BCUT2D eigenvalue weighted by Gasteiger charge is 2.35. The number of aromatic nitrogens is 1. The van der Waals surface area contributed by atoms with Crippen LogP contribution in [-0.2, 0) is 4.79 Å². The molecule has 190 valence electrons. The number of carbonyl (C=O) groups excluding carboxylic acids is 1. The molecule has 2 aromatic carbocycles.